The van der Waals surface area contributed by atoms with Crippen LogP contribution in [-0.2, 0) is 16.4 Å². The Balaban J connectivity index is 0.00000338. The molecule has 26 heavy (non-hydrogen) atoms. The molecule has 0 heterocycles. The van der Waals surface area contributed by atoms with E-state index in [9.17, 15) is 22.9 Å². The Kier molecular flexibility index (Phi) is 7.66. The minimum atomic E-state index is -3.81. The maximum atomic E-state index is 13.3. The zero-order chi connectivity index (χ0) is 18.8. The molecule has 0 fully saturated rings. The molecule has 2 aromatic carbocycles. The van der Waals surface area contributed by atoms with Gasteiger partial charge in [-0.05, 0) is 58.7 Å². The van der Waals surface area contributed by atoms with Crippen molar-refractivity contribution in [3.63, 3.8) is 0 Å². The van der Waals surface area contributed by atoms with Gasteiger partial charge in [0, 0.05) is 18.2 Å². The molecule has 7 nitrogen and oxygen atoms in total. The zero-order valence-corrected chi connectivity index (χ0v) is 16.7. The average molecular weight is 469 g/mol. The summed E-state index contributed by atoms with van der Waals surface area (Å²) >= 11 is 3.06. The van der Waals surface area contributed by atoms with Gasteiger partial charge in [0.1, 0.15) is 5.82 Å². The van der Waals surface area contributed by atoms with Gasteiger partial charge in [0.05, 0.1) is 14.3 Å². The Labute approximate surface area is 164 Å². The minimum absolute atomic E-state index is 0. The van der Waals surface area contributed by atoms with Crippen LogP contribution >= 0.6 is 28.3 Å². The Bertz CT molecular complexity index is 927. The number of non-ortho nitro benzene ring substituents is 1. The fourth-order valence-corrected chi connectivity index (χ4v) is 3.66. The van der Waals surface area contributed by atoms with Crippen molar-refractivity contribution < 1.29 is 17.7 Å². The third-order valence-electron chi connectivity index (χ3n) is 3.62. The molecule has 2 rings (SSSR count). The lowest BCUT2D eigenvalue weighted by Crippen LogP contribution is -2.22. The molecule has 0 aliphatic carbocycles. The fraction of sp³-hybridized carbons (Fsp3) is 0.200. The van der Waals surface area contributed by atoms with Crippen LogP contribution < -0.4 is 10.5 Å². The second-order valence-electron chi connectivity index (χ2n) is 5.24. The monoisotopic (exact) mass is 467 g/mol. The van der Waals surface area contributed by atoms with Crippen LogP contribution in [0.4, 0.5) is 10.1 Å². The van der Waals surface area contributed by atoms with E-state index in [-0.39, 0.29) is 39.4 Å². The smallest absolute Gasteiger partial charge is 0.269 e. The van der Waals surface area contributed by atoms with Crippen molar-refractivity contribution in [2.24, 2.45) is 5.73 Å². The van der Waals surface area contributed by atoms with Gasteiger partial charge in [-0.2, -0.15) is 0 Å². The van der Waals surface area contributed by atoms with Gasteiger partial charge in [-0.15, -0.1) is 12.4 Å². The molecule has 1 atom stereocenters. The molecule has 0 unspecified atom stereocenters. The molecule has 0 saturated carbocycles. The molecule has 0 aromatic heterocycles. The van der Waals surface area contributed by atoms with Gasteiger partial charge in [0.2, 0.25) is 10.0 Å². The zero-order valence-electron chi connectivity index (χ0n) is 13.5. The summed E-state index contributed by atoms with van der Waals surface area (Å²) in [6, 6.07) is 7.00. The predicted octanol–water partition coefficient (Wildman–Crippen LogP) is 3.07. The lowest BCUT2D eigenvalue weighted by Gasteiger charge is -2.15. The third kappa shape index (κ3) is 4.98. The maximum Gasteiger partial charge on any atom is 0.269 e. The second kappa shape index (κ2) is 8.87. The molecule has 0 saturated heterocycles. The standard InChI is InChI=1S/C15H15BrFN3O4S.ClH/c1-19-25(23,24)15-5-3-11(20(21)22)6-10(15)8-14(18)9-2-4-13(17)12(16)7-9;/h2-7,14,19H,8,18H2,1H3;1H/t14-;/m0./s1. The third-order valence-corrected chi connectivity index (χ3v) is 5.75. The van der Waals surface area contributed by atoms with Crippen LogP contribution in [0.2, 0.25) is 0 Å². The van der Waals surface area contributed by atoms with Gasteiger partial charge in [-0.3, -0.25) is 10.1 Å². The van der Waals surface area contributed by atoms with Gasteiger partial charge in [0.25, 0.3) is 5.69 Å². The summed E-state index contributed by atoms with van der Waals surface area (Å²) in [5.41, 5.74) is 6.63. The van der Waals surface area contributed by atoms with Gasteiger partial charge in [0.15, 0.2) is 0 Å². The molecule has 3 N–H and O–H groups in total. The second-order valence-corrected chi connectivity index (χ2v) is 7.95. The largest absolute Gasteiger partial charge is 0.324 e. The summed E-state index contributed by atoms with van der Waals surface area (Å²) in [7, 11) is -2.56. The van der Waals surface area contributed by atoms with Crippen molar-refractivity contribution >= 4 is 44.0 Å². The summed E-state index contributed by atoms with van der Waals surface area (Å²) in [5, 5.41) is 11.0. The number of nitrogens with zero attached hydrogens (tertiary/aromatic N) is 1. The molecule has 0 radical (unpaired) electrons. The lowest BCUT2D eigenvalue weighted by molar-refractivity contribution is -0.385. The highest BCUT2D eigenvalue weighted by Gasteiger charge is 2.22. The highest BCUT2D eigenvalue weighted by atomic mass is 79.9. The van der Waals surface area contributed by atoms with E-state index < -0.39 is 26.8 Å². The van der Waals surface area contributed by atoms with Crippen molar-refractivity contribution in [2.75, 3.05) is 7.05 Å². The molecule has 0 aliphatic heterocycles. The lowest BCUT2D eigenvalue weighted by atomic mass is 9.99. The highest BCUT2D eigenvalue weighted by molar-refractivity contribution is 9.10. The van der Waals surface area contributed by atoms with E-state index in [2.05, 4.69) is 20.7 Å². The Morgan fingerprint density at radius 1 is 1.31 bits per heavy atom. The fourth-order valence-electron chi connectivity index (χ4n) is 2.31. The first-order chi connectivity index (χ1) is 11.7. The molecule has 0 aliphatic rings. The predicted molar refractivity (Wildman–Crippen MR) is 101 cm³/mol. The van der Waals surface area contributed by atoms with Gasteiger partial charge >= 0.3 is 0 Å². The number of nitro groups is 1. The van der Waals surface area contributed by atoms with Crippen molar-refractivity contribution in [1.82, 2.24) is 4.72 Å². The van der Waals surface area contributed by atoms with Crippen LogP contribution in [0.15, 0.2) is 45.8 Å². The number of hydrogen-bond donors (Lipinski definition) is 2. The molecule has 0 spiro atoms. The number of nitro benzene ring substituents is 1. The molecule has 0 bridgehead atoms. The van der Waals surface area contributed by atoms with E-state index >= 15 is 0 Å². The van der Waals surface area contributed by atoms with Crippen LogP contribution in [0, 0.1) is 15.9 Å². The maximum absolute atomic E-state index is 13.3. The van der Waals surface area contributed by atoms with Crippen LogP contribution in [-0.4, -0.2) is 20.4 Å². The normalized spacial score (nSPS) is 12.3. The number of nitrogens with one attached hydrogen (secondary N) is 1. The van der Waals surface area contributed by atoms with E-state index in [4.69, 9.17) is 5.73 Å². The summed E-state index contributed by atoms with van der Waals surface area (Å²) in [6.45, 7) is 0. The quantitative estimate of drug-likeness (QED) is 0.499. The molecule has 142 valence electrons. The summed E-state index contributed by atoms with van der Waals surface area (Å²) in [4.78, 5) is 10.3. The van der Waals surface area contributed by atoms with Gasteiger partial charge in [-0.25, -0.2) is 17.5 Å². The van der Waals surface area contributed by atoms with Crippen molar-refractivity contribution in [1.29, 1.82) is 0 Å². The Morgan fingerprint density at radius 2 is 1.96 bits per heavy atom. The average Bonchev–Trinajstić information content (AvgIpc) is 2.56. The van der Waals surface area contributed by atoms with Crippen molar-refractivity contribution in [3.05, 3.63) is 67.9 Å². The highest BCUT2D eigenvalue weighted by Crippen LogP contribution is 2.27. The number of hydrogen-bond acceptors (Lipinski definition) is 5. The van der Waals surface area contributed by atoms with Crippen LogP contribution in [0.25, 0.3) is 0 Å². The van der Waals surface area contributed by atoms with Crippen LogP contribution in [0.3, 0.4) is 0 Å². The first-order valence-corrected chi connectivity index (χ1v) is 9.34. The van der Waals surface area contributed by atoms with E-state index in [1.807, 2.05) is 0 Å². The van der Waals surface area contributed by atoms with Crippen molar-refractivity contribution in [2.45, 2.75) is 17.4 Å². The van der Waals surface area contributed by atoms with E-state index in [0.29, 0.717) is 5.56 Å². The van der Waals surface area contributed by atoms with E-state index in [0.717, 1.165) is 6.07 Å². The Hall–Kier alpha value is -1.59. The summed E-state index contributed by atoms with van der Waals surface area (Å²) < 4.78 is 40.0. The van der Waals surface area contributed by atoms with E-state index in [1.54, 1.807) is 0 Å². The number of rotatable bonds is 6. The Morgan fingerprint density at radius 3 is 2.50 bits per heavy atom. The topological polar surface area (TPSA) is 115 Å². The molecular formula is C15H16BrClFN3O4S. The number of benzene rings is 2. The molecule has 2 aromatic rings. The van der Waals surface area contributed by atoms with Gasteiger partial charge < -0.3 is 5.73 Å². The van der Waals surface area contributed by atoms with Crippen molar-refractivity contribution in [3.8, 4) is 0 Å². The summed E-state index contributed by atoms with van der Waals surface area (Å²) in [6.07, 6.45) is 0.0238. The van der Waals surface area contributed by atoms with Gasteiger partial charge in [-0.1, -0.05) is 6.07 Å². The summed E-state index contributed by atoms with van der Waals surface area (Å²) in [5.74, 6) is -0.454. The first-order valence-electron chi connectivity index (χ1n) is 7.07. The number of halogens is 3. The van der Waals surface area contributed by atoms with E-state index in [1.165, 1.54) is 37.4 Å². The first kappa shape index (κ1) is 22.5. The number of sulfonamides is 1. The SMILES string of the molecule is CNS(=O)(=O)c1ccc([N+](=O)[O-])cc1C[C@H](N)c1ccc(F)c(Br)c1.Cl. The van der Waals surface area contributed by atoms with Crippen LogP contribution in [0.5, 0.6) is 0 Å². The van der Waals surface area contributed by atoms with Crippen LogP contribution in [0.1, 0.15) is 17.2 Å². The molecule has 11 heteroatoms. The molecule has 0 amide bonds. The minimum Gasteiger partial charge on any atom is -0.324 e. The molecular weight excluding hydrogens is 453 g/mol. The number of nitrogens with two attached hydrogens (primary N) is 1.